The lowest BCUT2D eigenvalue weighted by molar-refractivity contribution is -0.126. The predicted octanol–water partition coefficient (Wildman–Crippen LogP) is 1.41. The van der Waals surface area contributed by atoms with Crippen LogP contribution >= 0.6 is 0 Å². The number of carbonyl (C=O) groups is 1. The number of hydrogen-bond acceptors (Lipinski definition) is 4. The lowest BCUT2D eigenvalue weighted by atomic mass is 10.2. The largest absolute Gasteiger partial charge is 0.352 e. The molecule has 23 heavy (non-hydrogen) atoms. The molecule has 1 amide bonds. The SMILES string of the molecule is CCN(Cc1nc2ccccc2c(=O)[nH]1)C(C)C(=O)NC1CC1. The Morgan fingerprint density at radius 3 is 2.87 bits per heavy atom. The van der Waals surface area contributed by atoms with Crippen molar-refractivity contribution in [1.82, 2.24) is 20.2 Å². The van der Waals surface area contributed by atoms with E-state index in [-0.39, 0.29) is 17.5 Å². The molecule has 0 spiro atoms. The van der Waals surface area contributed by atoms with E-state index in [4.69, 9.17) is 0 Å². The van der Waals surface area contributed by atoms with Gasteiger partial charge in [0.25, 0.3) is 5.56 Å². The van der Waals surface area contributed by atoms with Crippen LogP contribution in [0.2, 0.25) is 0 Å². The molecule has 3 rings (SSSR count). The number of H-pyrrole nitrogens is 1. The Bertz CT molecular complexity index is 767. The summed E-state index contributed by atoms with van der Waals surface area (Å²) in [4.78, 5) is 33.7. The first-order valence-corrected chi connectivity index (χ1v) is 8.11. The first kappa shape index (κ1) is 15.7. The lowest BCUT2D eigenvalue weighted by Gasteiger charge is -2.26. The molecule has 1 saturated carbocycles. The van der Waals surface area contributed by atoms with Crippen molar-refractivity contribution in [3.05, 3.63) is 40.4 Å². The van der Waals surface area contributed by atoms with Gasteiger partial charge in [0.15, 0.2) is 0 Å². The number of amides is 1. The van der Waals surface area contributed by atoms with Gasteiger partial charge in [-0.05, 0) is 38.4 Å². The third kappa shape index (κ3) is 3.59. The van der Waals surface area contributed by atoms with Crippen molar-refractivity contribution in [2.75, 3.05) is 6.54 Å². The molecule has 1 aromatic heterocycles. The molecule has 0 bridgehead atoms. The highest BCUT2D eigenvalue weighted by Crippen LogP contribution is 2.19. The lowest BCUT2D eigenvalue weighted by Crippen LogP contribution is -2.45. The fourth-order valence-electron chi connectivity index (χ4n) is 2.64. The number of likely N-dealkylation sites (N-methyl/N-ethyl adjacent to an activating group) is 1. The van der Waals surface area contributed by atoms with Crippen LogP contribution in [0, 0.1) is 0 Å². The quantitative estimate of drug-likeness (QED) is 0.845. The number of hydrogen-bond donors (Lipinski definition) is 2. The molecule has 2 N–H and O–H groups in total. The second kappa shape index (κ2) is 6.50. The summed E-state index contributed by atoms with van der Waals surface area (Å²) < 4.78 is 0. The molecule has 1 unspecified atom stereocenters. The van der Waals surface area contributed by atoms with Gasteiger partial charge in [0, 0.05) is 6.04 Å². The molecule has 6 heteroatoms. The van der Waals surface area contributed by atoms with E-state index in [0.29, 0.717) is 35.9 Å². The van der Waals surface area contributed by atoms with Crippen molar-refractivity contribution in [2.45, 2.75) is 45.3 Å². The fourth-order valence-corrected chi connectivity index (χ4v) is 2.64. The summed E-state index contributed by atoms with van der Waals surface area (Å²) in [5, 5.41) is 3.60. The Morgan fingerprint density at radius 2 is 2.17 bits per heavy atom. The van der Waals surface area contributed by atoms with E-state index in [1.54, 1.807) is 6.07 Å². The first-order valence-electron chi connectivity index (χ1n) is 8.11. The molecule has 0 aliphatic heterocycles. The maximum absolute atomic E-state index is 12.2. The highest BCUT2D eigenvalue weighted by atomic mass is 16.2. The highest BCUT2D eigenvalue weighted by Gasteiger charge is 2.28. The summed E-state index contributed by atoms with van der Waals surface area (Å²) >= 11 is 0. The van der Waals surface area contributed by atoms with Gasteiger partial charge >= 0.3 is 0 Å². The van der Waals surface area contributed by atoms with E-state index in [2.05, 4.69) is 15.3 Å². The van der Waals surface area contributed by atoms with Gasteiger partial charge in [-0.3, -0.25) is 14.5 Å². The average Bonchev–Trinajstić information content (AvgIpc) is 3.36. The summed E-state index contributed by atoms with van der Waals surface area (Å²) in [6.45, 7) is 5.03. The van der Waals surface area contributed by atoms with Crippen LogP contribution in [0.4, 0.5) is 0 Å². The molecule has 1 fully saturated rings. The minimum absolute atomic E-state index is 0.0393. The van der Waals surface area contributed by atoms with E-state index in [0.717, 1.165) is 12.8 Å². The molecule has 1 heterocycles. The van der Waals surface area contributed by atoms with Crippen LogP contribution in [0.15, 0.2) is 29.1 Å². The van der Waals surface area contributed by atoms with E-state index in [9.17, 15) is 9.59 Å². The molecule has 122 valence electrons. The summed E-state index contributed by atoms with van der Waals surface area (Å²) in [6, 6.07) is 7.37. The Kier molecular flexibility index (Phi) is 4.43. The van der Waals surface area contributed by atoms with Crippen LogP contribution < -0.4 is 10.9 Å². The van der Waals surface area contributed by atoms with E-state index in [1.165, 1.54) is 0 Å². The smallest absolute Gasteiger partial charge is 0.258 e. The third-order valence-electron chi connectivity index (χ3n) is 4.27. The molecule has 1 aliphatic rings. The van der Waals surface area contributed by atoms with Gasteiger partial charge in [0.2, 0.25) is 5.91 Å². The van der Waals surface area contributed by atoms with Crippen LogP contribution in [0.5, 0.6) is 0 Å². The molecule has 1 aromatic carbocycles. The van der Waals surface area contributed by atoms with Gasteiger partial charge in [-0.2, -0.15) is 0 Å². The van der Waals surface area contributed by atoms with Gasteiger partial charge in [0.1, 0.15) is 5.82 Å². The fraction of sp³-hybridized carbons (Fsp3) is 0.471. The predicted molar refractivity (Wildman–Crippen MR) is 89.1 cm³/mol. The molecule has 1 aliphatic carbocycles. The van der Waals surface area contributed by atoms with Gasteiger partial charge in [-0.15, -0.1) is 0 Å². The Morgan fingerprint density at radius 1 is 1.43 bits per heavy atom. The third-order valence-corrected chi connectivity index (χ3v) is 4.27. The van der Waals surface area contributed by atoms with Gasteiger partial charge < -0.3 is 10.3 Å². The number of para-hydroxylation sites is 1. The maximum atomic E-state index is 12.2. The second-order valence-corrected chi connectivity index (χ2v) is 6.05. The summed E-state index contributed by atoms with van der Waals surface area (Å²) in [5.41, 5.74) is 0.536. The number of carbonyl (C=O) groups excluding carboxylic acids is 1. The van der Waals surface area contributed by atoms with Crippen LogP contribution in [-0.2, 0) is 11.3 Å². The molecule has 6 nitrogen and oxygen atoms in total. The van der Waals surface area contributed by atoms with Crippen molar-refractivity contribution in [3.8, 4) is 0 Å². The summed E-state index contributed by atoms with van der Waals surface area (Å²) in [6.07, 6.45) is 2.15. The normalized spacial score (nSPS) is 15.8. The molecule has 0 radical (unpaired) electrons. The Balaban J connectivity index is 1.78. The zero-order valence-corrected chi connectivity index (χ0v) is 13.5. The van der Waals surface area contributed by atoms with Crippen molar-refractivity contribution in [2.24, 2.45) is 0 Å². The van der Waals surface area contributed by atoms with E-state index >= 15 is 0 Å². The molecule has 1 atom stereocenters. The number of rotatable bonds is 6. The number of nitrogens with zero attached hydrogens (tertiary/aromatic N) is 2. The number of benzene rings is 1. The Hall–Kier alpha value is -2.21. The number of aromatic nitrogens is 2. The first-order chi connectivity index (χ1) is 11.1. The topological polar surface area (TPSA) is 78.1 Å². The monoisotopic (exact) mass is 314 g/mol. The van der Waals surface area contributed by atoms with Crippen molar-refractivity contribution < 1.29 is 4.79 Å². The minimum Gasteiger partial charge on any atom is -0.352 e. The molecular formula is C17H22N4O2. The Labute approximate surface area is 134 Å². The molecule has 2 aromatic rings. The molecular weight excluding hydrogens is 292 g/mol. The van der Waals surface area contributed by atoms with Crippen LogP contribution in [-0.4, -0.2) is 39.4 Å². The van der Waals surface area contributed by atoms with Crippen LogP contribution in [0.25, 0.3) is 10.9 Å². The zero-order chi connectivity index (χ0) is 16.4. The maximum Gasteiger partial charge on any atom is 0.258 e. The number of fused-ring (bicyclic) bond motifs is 1. The van der Waals surface area contributed by atoms with Gasteiger partial charge in [0.05, 0.1) is 23.5 Å². The summed E-state index contributed by atoms with van der Waals surface area (Å²) in [7, 11) is 0. The van der Waals surface area contributed by atoms with Gasteiger partial charge in [-0.1, -0.05) is 19.1 Å². The second-order valence-electron chi connectivity index (χ2n) is 6.05. The van der Waals surface area contributed by atoms with E-state index < -0.39 is 0 Å². The minimum atomic E-state index is -0.252. The van der Waals surface area contributed by atoms with Crippen molar-refractivity contribution in [3.63, 3.8) is 0 Å². The van der Waals surface area contributed by atoms with Crippen LogP contribution in [0.3, 0.4) is 0 Å². The van der Waals surface area contributed by atoms with Crippen molar-refractivity contribution in [1.29, 1.82) is 0 Å². The van der Waals surface area contributed by atoms with Gasteiger partial charge in [-0.25, -0.2) is 4.98 Å². The standard InChI is InChI=1S/C17H22N4O2/c1-3-21(11(2)16(22)18-12-8-9-12)10-15-19-14-7-5-4-6-13(14)17(23)20-15/h4-7,11-12H,3,8-10H2,1-2H3,(H,18,22)(H,19,20,23). The molecule has 0 saturated heterocycles. The van der Waals surface area contributed by atoms with Crippen LogP contribution in [0.1, 0.15) is 32.5 Å². The average molecular weight is 314 g/mol. The van der Waals surface area contributed by atoms with Crippen molar-refractivity contribution >= 4 is 16.8 Å². The highest BCUT2D eigenvalue weighted by molar-refractivity contribution is 5.82. The summed E-state index contributed by atoms with van der Waals surface area (Å²) in [5.74, 6) is 0.624. The zero-order valence-electron chi connectivity index (χ0n) is 13.5. The number of nitrogens with one attached hydrogen (secondary N) is 2. The van der Waals surface area contributed by atoms with E-state index in [1.807, 2.05) is 36.9 Å². The number of aromatic amines is 1.